The van der Waals surface area contributed by atoms with Crippen molar-refractivity contribution in [1.29, 1.82) is 0 Å². The van der Waals surface area contributed by atoms with Gasteiger partial charge in [0.2, 0.25) is 0 Å². The molecule has 27 heavy (non-hydrogen) atoms. The summed E-state index contributed by atoms with van der Waals surface area (Å²) in [6.45, 7) is 1.82. The molecule has 3 aromatic carbocycles. The molecule has 0 bridgehead atoms. The fourth-order valence-electron chi connectivity index (χ4n) is 2.79. The van der Waals surface area contributed by atoms with Crippen LogP contribution >= 0.6 is 11.6 Å². The first kappa shape index (κ1) is 18.7. The zero-order chi connectivity index (χ0) is 19.2. The highest BCUT2D eigenvalue weighted by Crippen LogP contribution is 2.22. The third-order valence-electron chi connectivity index (χ3n) is 4.18. The van der Waals surface area contributed by atoms with Crippen LogP contribution in [0.3, 0.4) is 0 Å². The van der Waals surface area contributed by atoms with Gasteiger partial charge in [0.05, 0.1) is 6.04 Å². The molecule has 2 N–H and O–H groups in total. The fraction of sp³-hybridized carbons (Fsp3) is 0.0909. The molecule has 0 fully saturated rings. The van der Waals surface area contributed by atoms with E-state index in [-0.39, 0.29) is 0 Å². The average molecular weight is 379 g/mol. The van der Waals surface area contributed by atoms with Crippen LogP contribution in [-0.4, -0.2) is 11.8 Å². The molecule has 3 rings (SSSR count). The Morgan fingerprint density at radius 1 is 0.815 bits per heavy atom. The molecule has 4 nitrogen and oxygen atoms in total. The van der Waals surface area contributed by atoms with Gasteiger partial charge in [-0.1, -0.05) is 72.3 Å². The van der Waals surface area contributed by atoms with E-state index in [1.807, 2.05) is 67.6 Å². The van der Waals surface area contributed by atoms with Gasteiger partial charge in [-0.2, -0.15) is 0 Å². The predicted octanol–water partition coefficient (Wildman–Crippen LogP) is 4.49. The lowest BCUT2D eigenvalue weighted by Gasteiger charge is -2.19. The van der Waals surface area contributed by atoms with Gasteiger partial charge in [0, 0.05) is 10.7 Å². The maximum atomic E-state index is 12.5. The minimum absolute atomic E-state index is 0.419. The summed E-state index contributed by atoms with van der Waals surface area (Å²) in [7, 11) is 0. The summed E-state index contributed by atoms with van der Waals surface area (Å²) in [5.41, 5.74) is 3.13. The quantitative estimate of drug-likeness (QED) is 0.657. The summed E-state index contributed by atoms with van der Waals surface area (Å²) in [5, 5.41) is 6.03. The third kappa shape index (κ3) is 4.74. The first-order chi connectivity index (χ1) is 13.0. The van der Waals surface area contributed by atoms with Gasteiger partial charge in [0.15, 0.2) is 0 Å². The molecule has 5 heteroatoms. The Balaban J connectivity index is 1.79. The summed E-state index contributed by atoms with van der Waals surface area (Å²) in [6, 6.07) is 23.7. The van der Waals surface area contributed by atoms with Crippen molar-refractivity contribution in [1.82, 2.24) is 5.32 Å². The molecule has 0 radical (unpaired) electrons. The van der Waals surface area contributed by atoms with Gasteiger partial charge in [-0.25, -0.2) is 0 Å². The lowest BCUT2D eigenvalue weighted by molar-refractivity contribution is -0.136. The van der Waals surface area contributed by atoms with E-state index >= 15 is 0 Å². The normalized spacial score (nSPS) is 10.5. The molecule has 0 heterocycles. The second-order valence-corrected chi connectivity index (χ2v) is 6.58. The highest BCUT2D eigenvalue weighted by Gasteiger charge is 2.21. The number of benzene rings is 3. The number of carbonyl (C=O) groups is 2. The van der Waals surface area contributed by atoms with Gasteiger partial charge in [-0.15, -0.1) is 0 Å². The average Bonchev–Trinajstić information content (AvgIpc) is 2.69. The first-order valence-electron chi connectivity index (χ1n) is 8.52. The largest absolute Gasteiger partial charge is 0.337 e. The van der Waals surface area contributed by atoms with E-state index in [0.29, 0.717) is 10.7 Å². The summed E-state index contributed by atoms with van der Waals surface area (Å²) in [5.74, 6) is -1.43. The SMILES string of the molecule is Cc1cc(Cl)ccc1NC(=O)C(=O)NC(c1ccccc1)c1ccccc1. The maximum absolute atomic E-state index is 12.5. The van der Waals surface area contributed by atoms with Crippen molar-refractivity contribution in [3.8, 4) is 0 Å². The highest BCUT2D eigenvalue weighted by atomic mass is 35.5. The number of aryl methyl sites for hydroxylation is 1. The molecule has 3 aromatic rings. The molecule has 2 amide bonds. The number of amides is 2. The van der Waals surface area contributed by atoms with Crippen LogP contribution in [0.2, 0.25) is 5.02 Å². The zero-order valence-electron chi connectivity index (χ0n) is 14.8. The number of anilines is 1. The van der Waals surface area contributed by atoms with Crippen molar-refractivity contribution >= 4 is 29.1 Å². The van der Waals surface area contributed by atoms with Gasteiger partial charge in [-0.05, 0) is 41.8 Å². The Morgan fingerprint density at radius 3 is 1.89 bits per heavy atom. The first-order valence-corrected chi connectivity index (χ1v) is 8.90. The smallest absolute Gasteiger partial charge is 0.313 e. The molecular formula is C22H19ClN2O2. The fourth-order valence-corrected chi connectivity index (χ4v) is 3.02. The van der Waals surface area contributed by atoms with Crippen LogP contribution in [-0.2, 0) is 9.59 Å². The van der Waals surface area contributed by atoms with Crippen LogP contribution in [0.25, 0.3) is 0 Å². The van der Waals surface area contributed by atoms with Crippen molar-refractivity contribution in [2.24, 2.45) is 0 Å². The summed E-state index contributed by atoms with van der Waals surface area (Å²) < 4.78 is 0. The standard InChI is InChI=1S/C22H19ClN2O2/c1-15-14-18(23)12-13-19(15)24-21(26)22(27)25-20(16-8-4-2-5-9-16)17-10-6-3-7-11-17/h2-14,20H,1H3,(H,24,26)(H,25,27). The molecule has 0 spiro atoms. The van der Waals surface area contributed by atoms with Crippen molar-refractivity contribution in [3.05, 3.63) is 101 Å². The van der Waals surface area contributed by atoms with Crippen LogP contribution in [0.15, 0.2) is 78.9 Å². The van der Waals surface area contributed by atoms with E-state index in [9.17, 15) is 9.59 Å². The molecule has 0 aliphatic rings. The van der Waals surface area contributed by atoms with Crippen LogP contribution < -0.4 is 10.6 Å². The summed E-state index contributed by atoms with van der Waals surface area (Å²) >= 11 is 5.93. The van der Waals surface area contributed by atoms with Crippen molar-refractivity contribution < 1.29 is 9.59 Å². The van der Waals surface area contributed by atoms with Gasteiger partial charge in [0.25, 0.3) is 0 Å². The van der Waals surface area contributed by atoms with Crippen LogP contribution in [0.5, 0.6) is 0 Å². The molecule has 0 aliphatic heterocycles. The maximum Gasteiger partial charge on any atom is 0.313 e. The third-order valence-corrected chi connectivity index (χ3v) is 4.42. The second-order valence-electron chi connectivity index (χ2n) is 6.14. The number of rotatable bonds is 4. The summed E-state index contributed by atoms with van der Waals surface area (Å²) in [4.78, 5) is 24.9. The van der Waals surface area contributed by atoms with Crippen molar-refractivity contribution in [3.63, 3.8) is 0 Å². The molecule has 0 atom stereocenters. The van der Waals surface area contributed by atoms with Crippen molar-refractivity contribution in [2.45, 2.75) is 13.0 Å². The Hall–Kier alpha value is -3.11. The number of nitrogens with one attached hydrogen (secondary N) is 2. The molecule has 0 saturated carbocycles. The van der Waals surface area contributed by atoms with Crippen molar-refractivity contribution in [2.75, 3.05) is 5.32 Å². The van der Waals surface area contributed by atoms with E-state index < -0.39 is 17.9 Å². The van der Waals surface area contributed by atoms with E-state index in [0.717, 1.165) is 16.7 Å². The molecule has 0 saturated heterocycles. The zero-order valence-corrected chi connectivity index (χ0v) is 15.5. The molecule has 136 valence electrons. The van der Waals surface area contributed by atoms with Crippen LogP contribution in [0.1, 0.15) is 22.7 Å². The minimum atomic E-state index is -0.725. The van der Waals surface area contributed by atoms with Crippen LogP contribution in [0.4, 0.5) is 5.69 Å². The van der Waals surface area contributed by atoms with E-state index in [4.69, 9.17) is 11.6 Å². The van der Waals surface area contributed by atoms with Gasteiger partial charge in [-0.3, -0.25) is 9.59 Å². The Morgan fingerprint density at radius 2 is 1.37 bits per heavy atom. The number of hydrogen-bond acceptors (Lipinski definition) is 2. The van der Waals surface area contributed by atoms with E-state index in [1.165, 1.54) is 0 Å². The highest BCUT2D eigenvalue weighted by molar-refractivity contribution is 6.40. The topological polar surface area (TPSA) is 58.2 Å². The van der Waals surface area contributed by atoms with Gasteiger partial charge in [0.1, 0.15) is 0 Å². The molecule has 0 aliphatic carbocycles. The Bertz CT molecular complexity index is 904. The number of carbonyl (C=O) groups excluding carboxylic acids is 2. The Labute approximate surface area is 163 Å². The Kier molecular flexibility index (Phi) is 5.89. The summed E-state index contributed by atoms with van der Waals surface area (Å²) in [6.07, 6.45) is 0. The van der Waals surface area contributed by atoms with Crippen LogP contribution in [0, 0.1) is 6.92 Å². The predicted molar refractivity (Wildman–Crippen MR) is 108 cm³/mol. The minimum Gasteiger partial charge on any atom is -0.337 e. The molecule has 0 aromatic heterocycles. The van der Waals surface area contributed by atoms with E-state index in [2.05, 4.69) is 10.6 Å². The van der Waals surface area contributed by atoms with Gasteiger partial charge >= 0.3 is 11.8 Å². The second kappa shape index (κ2) is 8.52. The number of halogens is 1. The molecule has 0 unspecified atom stereocenters. The monoisotopic (exact) mass is 378 g/mol. The van der Waals surface area contributed by atoms with E-state index in [1.54, 1.807) is 18.2 Å². The lowest BCUT2D eigenvalue weighted by Crippen LogP contribution is -2.38. The molecular weight excluding hydrogens is 360 g/mol. The van der Waals surface area contributed by atoms with Gasteiger partial charge < -0.3 is 10.6 Å². The number of hydrogen-bond donors (Lipinski definition) is 2. The lowest BCUT2D eigenvalue weighted by atomic mass is 9.98.